The molecule has 0 aromatic carbocycles. The fourth-order valence-corrected chi connectivity index (χ4v) is 6.38. The summed E-state index contributed by atoms with van der Waals surface area (Å²) in [6.07, 6.45) is 35.4. The lowest BCUT2D eigenvalue weighted by atomic mass is 9.90. The van der Waals surface area contributed by atoms with Crippen molar-refractivity contribution in [3.05, 3.63) is 36.5 Å². The largest absolute Gasteiger partial charge is 0.462 e. The molecule has 0 unspecified atom stereocenters. The van der Waals surface area contributed by atoms with Crippen LogP contribution in [0.4, 0.5) is 0 Å². The molecule has 0 amide bonds. The third-order valence-electron chi connectivity index (χ3n) is 9.61. The van der Waals surface area contributed by atoms with E-state index >= 15 is 0 Å². The smallest absolute Gasteiger partial charge is 0.306 e. The quantitative estimate of drug-likeness (QED) is 0.0398. The van der Waals surface area contributed by atoms with Crippen molar-refractivity contribution < 1.29 is 34.1 Å². The van der Waals surface area contributed by atoms with Gasteiger partial charge in [-0.05, 0) is 50.0 Å². The predicted octanol–water partition coefficient (Wildman–Crippen LogP) is 10.3. The van der Waals surface area contributed by atoms with Gasteiger partial charge >= 0.3 is 11.9 Å². The molecule has 0 bridgehead atoms. The molecule has 0 fully saturated rings. The van der Waals surface area contributed by atoms with Crippen LogP contribution in [0.5, 0.6) is 0 Å². The van der Waals surface area contributed by atoms with Crippen molar-refractivity contribution in [2.24, 2.45) is 17.8 Å². The number of aliphatic hydroxyl groups is 2. The number of carbonyl (C=O) groups excluding carboxylic acids is 3. The standard InChI is InChI=1S/C43H74O7/c1-4-5-20-27-38(45)31-32-40-37(30-33-41(40)46)26-22-18-19-24-29-43(48)50-39(34-44)35-49-42(47)28-23-17-15-13-11-9-7-6-8-10-12-14-16-21-25-36(2)3/h18,22,30-33,36-40,44-45H,4-17,19-21,23-29,34-35H2,1-3H3/b22-18-,32-31+/t37-,38-,39-,40+/m0/s1. The van der Waals surface area contributed by atoms with Gasteiger partial charge in [-0.2, -0.15) is 0 Å². The highest BCUT2D eigenvalue weighted by Crippen LogP contribution is 2.27. The van der Waals surface area contributed by atoms with E-state index in [1.165, 1.54) is 77.0 Å². The van der Waals surface area contributed by atoms with Crippen molar-refractivity contribution in [3.8, 4) is 0 Å². The Hall–Kier alpha value is -2.25. The molecule has 7 nitrogen and oxygen atoms in total. The first-order valence-corrected chi connectivity index (χ1v) is 20.5. The van der Waals surface area contributed by atoms with Crippen LogP contribution in [-0.4, -0.2) is 53.4 Å². The molecule has 0 aromatic heterocycles. The van der Waals surface area contributed by atoms with Gasteiger partial charge in [-0.25, -0.2) is 0 Å². The Kier molecular flexibility index (Phi) is 28.8. The molecule has 2 N–H and O–H groups in total. The van der Waals surface area contributed by atoms with Gasteiger partial charge in [-0.1, -0.05) is 160 Å². The number of rotatable bonds is 33. The summed E-state index contributed by atoms with van der Waals surface area (Å²) in [5.41, 5.74) is 0. The number of hydrogen-bond acceptors (Lipinski definition) is 7. The van der Waals surface area contributed by atoms with Crippen molar-refractivity contribution in [1.82, 2.24) is 0 Å². The summed E-state index contributed by atoms with van der Waals surface area (Å²) in [6, 6.07) is 0. The molecule has 0 aromatic rings. The van der Waals surface area contributed by atoms with Gasteiger partial charge in [0.25, 0.3) is 0 Å². The molecule has 0 saturated carbocycles. The molecule has 1 aliphatic carbocycles. The number of unbranched alkanes of at least 4 members (excludes halogenated alkanes) is 16. The maximum absolute atomic E-state index is 12.3. The summed E-state index contributed by atoms with van der Waals surface area (Å²) in [5.74, 6) is 0.00796. The van der Waals surface area contributed by atoms with Crippen molar-refractivity contribution in [2.75, 3.05) is 13.2 Å². The summed E-state index contributed by atoms with van der Waals surface area (Å²) in [5, 5.41) is 19.8. The Bertz CT molecular complexity index is 953. The second-order valence-electron chi connectivity index (χ2n) is 14.9. The summed E-state index contributed by atoms with van der Waals surface area (Å²) in [4.78, 5) is 36.7. The molecule has 50 heavy (non-hydrogen) atoms. The van der Waals surface area contributed by atoms with Gasteiger partial charge in [0.2, 0.25) is 0 Å². The number of carbonyl (C=O) groups is 3. The summed E-state index contributed by atoms with van der Waals surface area (Å²) < 4.78 is 10.6. The van der Waals surface area contributed by atoms with Crippen LogP contribution in [0.25, 0.3) is 0 Å². The lowest BCUT2D eigenvalue weighted by Gasteiger charge is -2.15. The molecule has 4 atom stereocenters. The topological polar surface area (TPSA) is 110 Å². The minimum absolute atomic E-state index is 0.0716. The average Bonchev–Trinajstić information content (AvgIpc) is 3.45. The van der Waals surface area contributed by atoms with Gasteiger partial charge in [-0.3, -0.25) is 14.4 Å². The van der Waals surface area contributed by atoms with E-state index in [-0.39, 0.29) is 36.6 Å². The van der Waals surface area contributed by atoms with Crippen LogP contribution in [0.15, 0.2) is 36.5 Å². The van der Waals surface area contributed by atoms with E-state index in [4.69, 9.17) is 9.47 Å². The first-order chi connectivity index (χ1) is 24.3. The van der Waals surface area contributed by atoms with E-state index in [1.807, 2.05) is 24.3 Å². The second kappa shape index (κ2) is 31.5. The van der Waals surface area contributed by atoms with E-state index in [9.17, 15) is 24.6 Å². The third kappa shape index (κ3) is 25.7. The van der Waals surface area contributed by atoms with Crippen molar-refractivity contribution in [2.45, 2.75) is 187 Å². The van der Waals surface area contributed by atoms with E-state index < -0.39 is 24.8 Å². The Balaban J connectivity index is 2.04. The SMILES string of the molecule is CCCCC[C@H](O)/C=C/[C@H]1C(=O)C=C[C@@H]1C/C=C\CCCC(=O)O[C@@H](CO)COC(=O)CCCCCCCCCCCCCCCCC(C)C. The van der Waals surface area contributed by atoms with Gasteiger partial charge in [0.1, 0.15) is 6.61 Å². The summed E-state index contributed by atoms with van der Waals surface area (Å²) >= 11 is 0. The first kappa shape index (κ1) is 45.8. The van der Waals surface area contributed by atoms with Gasteiger partial charge in [0, 0.05) is 18.8 Å². The minimum Gasteiger partial charge on any atom is -0.462 e. The van der Waals surface area contributed by atoms with E-state index in [0.717, 1.165) is 50.9 Å². The third-order valence-corrected chi connectivity index (χ3v) is 9.61. The number of hydrogen-bond donors (Lipinski definition) is 2. The average molecular weight is 703 g/mol. The summed E-state index contributed by atoms with van der Waals surface area (Å²) in [7, 11) is 0. The van der Waals surface area contributed by atoms with Crippen molar-refractivity contribution in [1.29, 1.82) is 0 Å². The van der Waals surface area contributed by atoms with Crippen molar-refractivity contribution >= 4 is 17.7 Å². The fraction of sp³-hybridized carbons (Fsp3) is 0.791. The van der Waals surface area contributed by atoms with Crippen LogP contribution in [0.3, 0.4) is 0 Å². The zero-order valence-electron chi connectivity index (χ0n) is 32.2. The van der Waals surface area contributed by atoms with Gasteiger partial charge in [0.15, 0.2) is 11.9 Å². The van der Waals surface area contributed by atoms with Crippen LogP contribution >= 0.6 is 0 Å². The van der Waals surface area contributed by atoms with Crippen LogP contribution in [0, 0.1) is 17.8 Å². The second-order valence-corrected chi connectivity index (χ2v) is 14.9. The maximum Gasteiger partial charge on any atom is 0.306 e. The number of esters is 2. The highest BCUT2D eigenvalue weighted by Gasteiger charge is 2.27. The van der Waals surface area contributed by atoms with Gasteiger partial charge < -0.3 is 19.7 Å². The number of allylic oxidation sites excluding steroid dienone is 5. The lowest BCUT2D eigenvalue weighted by Crippen LogP contribution is -2.28. The Morgan fingerprint density at radius 3 is 1.96 bits per heavy atom. The number of ether oxygens (including phenoxy) is 2. The molecule has 0 spiro atoms. The fourth-order valence-electron chi connectivity index (χ4n) is 6.38. The zero-order valence-corrected chi connectivity index (χ0v) is 32.2. The van der Waals surface area contributed by atoms with E-state index in [0.29, 0.717) is 25.7 Å². The highest BCUT2D eigenvalue weighted by atomic mass is 16.6. The molecule has 7 heteroatoms. The van der Waals surface area contributed by atoms with E-state index in [1.54, 1.807) is 12.2 Å². The Morgan fingerprint density at radius 2 is 1.36 bits per heavy atom. The van der Waals surface area contributed by atoms with Crippen molar-refractivity contribution in [3.63, 3.8) is 0 Å². The molecule has 0 radical (unpaired) electrons. The van der Waals surface area contributed by atoms with Crippen LogP contribution in [0.1, 0.15) is 175 Å². The highest BCUT2D eigenvalue weighted by molar-refractivity contribution is 5.95. The zero-order chi connectivity index (χ0) is 36.7. The van der Waals surface area contributed by atoms with Gasteiger partial charge in [-0.15, -0.1) is 0 Å². The maximum atomic E-state index is 12.3. The van der Waals surface area contributed by atoms with Crippen LogP contribution in [0.2, 0.25) is 0 Å². The Labute approximate surface area is 305 Å². The van der Waals surface area contributed by atoms with Gasteiger partial charge in [0.05, 0.1) is 12.7 Å². The normalized spacial score (nSPS) is 17.4. The minimum atomic E-state index is -0.849. The van der Waals surface area contributed by atoms with Crippen LogP contribution < -0.4 is 0 Å². The molecular formula is C43H74O7. The summed E-state index contributed by atoms with van der Waals surface area (Å²) in [6.45, 7) is 6.23. The Morgan fingerprint density at radius 1 is 0.780 bits per heavy atom. The molecule has 1 aliphatic rings. The monoisotopic (exact) mass is 703 g/mol. The molecule has 0 heterocycles. The molecule has 288 valence electrons. The van der Waals surface area contributed by atoms with E-state index in [2.05, 4.69) is 20.8 Å². The molecule has 0 aliphatic heterocycles. The molecule has 1 rings (SSSR count). The van der Waals surface area contributed by atoms with Crippen LogP contribution in [-0.2, 0) is 23.9 Å². The first-order valence-electron chi connectivity index (χ1n) is 20.5. The predicted molar refractivity (Wildman–Crippen MR) is 205 cm³/mol. The lowest BCUT2D eigenvalue weighted by molar-refractivity contribution is -0.161. The number of ketones is 1. The molecular weight excluding hydrogens is 628 g/mol. The number of aliphatic hydroxyl groups excluding tert-OH is 2. The molecule has 0 saturated heterocycles.